The maximum absolute atomic E-state index is 12.1. The molecule has 1 atom stereocenters. The maximum Gasteiger partial charge on any atom is 0.343 e. The lowest BCUT2D eigenvalue weighted by molar-refractivity contribution is 0.0958. The lowest BCUT2D eigenvalue weighted by atomic mass is 9.97. The van der Waals surface area contributed by atoms with Gasteiger partial charge in [-0.2, -0.15) is 4.99 Å². The van der Waals surface area contributed by atoms with E-state index in [-0.39, 0.29) is 17.6 Å². The van der Waals surface area contributed by atoms with Crippen LogP contribution in [0.25, 0.3) is 0 Å². The van der Waals surface area contributed by atoms with E-state index in [0.717, 1.165) is 30.8 Å². The SMILES string of the molecule is Cc1s/c(=N\C(=O)NCC(C)(C)C)n(CC2CCCO2)c1C. The Morgan fingerprint density at radius 1 is 1.45 bits per heavy atom. The number of aromatic nitrogens is 1. The zero-order valence-electron chi connectivity index (χ0n) is 14.2. The summed E-state index contributed by atoms with van der Waals surface area (Å²) in [5.74, 6) is 0. The van der Waals surface area contributed by atoms with E-state index in [1.54, 1.807) is 11.3 Å². The van der Waals surface area contributed by atoms with Gasteiger partial charge in [-0.15, -0.1) is 11.3 Å². The van der Waals surface area contributed by atoms with Crippen LogP contribution in [0.4, 0.5) is 4.79 Å². The molecule has 5 nitrogen and oxygen atoms in total. The fraction of sp³-hybridized carbons (Fsp3) is 0.750. The molecule has 2 heterocycles. The molecule has 1 aromatic heterocycles. The summed E-state index contributed by atoms with van der Waals surface area (Å²) in [6.07, 6.45) is 2.44. The molecular weight excluding hydrogens is 298 g/mol. The second-order valence-electron chi connectivity index (χ2n) is 7.10. The van der Waals surface area contributed by atoms with Gasteiger partial charge in [-0.25, -0.2) is 4.79 Å². The highest BCUT2D eigenvalue weighted by Crippen LogP contribution is 2.17. The van der Waals surface area contributed by atoms with Crippen molar-refractivity contribution in [2.45, 2.75) is 60.1 Å². The Kier molecular flexibility index (Phi) is 5.45. The summed E-state index contributed by atoms with van der Waals surface area (Å²) in [5.41, 5.74) is 1.23. The van der Waals surface area contributed by atoms with Gasteiger partial charge in [0.05, 0.1) is 12.6 Å². The highest BCUT2D eigenvalue weighted by Gasteiger charge is 2.19. The molecule has 1 aromatic rings. The third kappa shape index (κ3) is 4.68. The Bertz CT molecular complexity index is 590. The summed E-state index contributed by atoms with van der Waals surface area (Å²) < 4.78 is 7.83. The summed E-state index contributed by atoms with van der Waals surface area (Å²) in [5, 5.41) is 2.88. The zero-order chi connectivity index (χ0) is 16.3. The Balaban J connectivity index is 2.16. The average Bonchev–Trinajstić information content (AvgIpc) is 3.01. The van der Waals surface area contributed by atoms with Crippen molar-refractivity contribution in [1.29, 1.82) is 0 Å². The molecule has 0 saturated carbocycles. The number of aryl methyl sites for hydroxylation is 1. The van der Waals surface area contributed by atoms with Crippen molar-refractivity contribution in [2.75, 3.05) is 13.2 Å². The monoisotopic (exact) mass is 325 g/mol. The molecule has 124 valence electrons. The number of ether oxygens (including phenoxy) is 1. The Hall–Kier alpha value is -1.14. The average molecular weight is 325 g/mol. The van der Waals surface area contributed by atoms with Crippen molar-refractivity contribution in [2.24, 2.45) is 10.4 Å². The largest absolute Gasteiger partial charge is 0.376 e. The Morgan fingerprint density at radius 3 is 2.77 bits per heavy atom. The number of carbonyl (C=O) groups is 1. The van der Waals surface area contributed by atoms with Crippen LogP contribution >= 0.6 is 11.3 Å². The van der Waals surface area contributed by atoms with Gasteiger partial charge in [-0.05, 0) is 32.1 Å². The van der Waals surface area contributed by atoms with Crippen LogP contribution in [-0.4, -0.2) is 29.9 Å². The van der Waals surface area contributed by atoms with Crippen LogP contribution in [0.15, 0.2) is 4.99 Å². The fourth-order valence-electron chi connectivity index (χ4n) is 2.36. The molecule has 2 amide bonds. The van der Waals surface area contributed by atoms with Gasteiger partial charge in [-0.3, -0.25) is 0 Å². The number of carbonyl (C=O) groups excluding carboxylic acids is 1. The van der Waals surface area contributed by atoms with Gasteiger partial charge in [0.15, 0.2) is 4.80 Å². The first-order valence-electron chi connectivity index (χ1n) is 7.87. The van der Waals surface area contributed by atoms with Crippen LogP contribution in [0, 0.1) is 19.3 Å². The fourth-order valence-corrected chi connectivity index (χ4v) is 3.34. The van der Waals surface area contributed by atoms with E-state index in [0.29, 0.717) is 6.54 Å². The predicted octanol–water partition coefficient (Wildman–Crippen LogP) is 3.00. The lowest BCUT2D eigenvalue weighted by Gasteiger charge is -2.17. The molecule has 6 heteroatoms. The topological polar surface area (TPSA) is 55.6 Å². The normalized spacial score (nSPS) is 19.7. The second kappa shape index (κ2) is 6.96. The molecule has 0 spiro atoms. The van der Waals surface area contributed by atoms with Gasteiger partial charge in [-0.1, -0.05) is 20.8 Å². The van der Waals surface area contributed by atoms with Crippen LogP contribution in [-0.2, 0) is 11.3 Å². The van der Waals surface area contributed by atoms with Crippen LogP contribution < -0.4 is 10.1 Å². The van der Waals surface area contributed by atoms with E-state index >= 15 is 0 Å². The van der Waals surface area contributed by atoms with Gasteiger partial charge < -0.3 is 14.6 Å². The van der Waals surface area contributed by atoms with Crippen molar-refractivity contribution in [3.63, 3.8) is 0 Å². The molecule has 0 aromatic carbocycles. The van der Waals surface area contributed by atoms with Crippen LogP contribution in [0.1, 0.15) is 44.2 Å². The molecular formula is C16H27N3O2S. The van der Waals surface area contributed by atoms with E-state index in [4.69, 9.17) is 4.74 Å². The third-order valence-electron chi connectivity index (χ3n) is 3.77. The number of nitrogens with zero attached hydrogens (tertiary/aromatic N) is 2. The van der Waals surface area contributed by atoms with E-state index in [9.17, 15) is 4.79 Å². The number of urea groups is 1. The predicted molar refractivity (Wildman–Crippen MR) is 89.2 cm³/mol. The first-order valence-corrected chi connectivity index (χ1v) is 8.69. The first-order chi connectivity index (χ1) is 10.3. The maximum atomic E-state index is 12.1. The molecule has 0 aliphatic carbocycles. The molecule has 0 radical (unpaired) electrons. The number of thiazole rings is 1. The van der Waals surface area contributed by atoms with Crippen molar-refractivity contribution in [1.82, 2.24) is 9.88 Å². The van der Waals surface area contributed by atoms with Crippen molar-refractivity contribution >= 4 is 17.4 Å². The summed E-state index contributed by atoms with van der Waals surface area (Å²) in [6, 6.07) is -0.266. The summed E-state index contributed by atoms with van der Waals surface area (Å²) >= 11 is 1.57. The summed E-state index contributed by atoms with van der Waals surface area (Å²) in [6.45, 7) is 12.6. The van der Waals surface area contributed by atoms with Crippen LogP contribution in [0.3, 0.4) is 0 Å². The van der Waals surface area contributed by atoms with Gasteiger partial charge >= 0.3 is 6.03 Å². The van der Waals surface area contributed by atoms with Gasteiger partial charge in [0.2, 0.25) is 0 Å². The molecule has 1 fully saturated rings. The molecule has 1 unspecified atom stereocenters. The van der Waals surface area contributed by atoms with Gasteiger partial charge in [0.25, 0.3) is 0 Å². The molecule has 22 heavy (non-hydrogen) atoms. The summed E-state index contributed by atoms with van der Waals surface area (Å²) in [4.78, 5) is 18.3. The van der Waals surface area contributed by atoms with Crippen molar-refractivity contribution in [3.05, 3.63) is 15.4 Å². The number of hydrogen-bond donors (Lipinski definition) is 1. The first kappa shape index (κ1) is 17.2. The molecule has 1 aliphatic rings. The molecule has 2 rings (SSSR count). The number of hydrogen-bond acceptors (Lipinski definition) is 3. The van der Waals surface area contributed by atoms with Gasteiger partial charge in [0, 0.05) is 23.7 Å². The third-order valence-corrected chi connectivity index (χ3v) is 4.86. The Morgan fingerprint density at radius 2 is 2.18 bits per heavy atom. The molecule has 1 N–H and O–H groups in total. The van der Waals surface area contributed by atoms with Gasteiger partial charge in [0.1, 0.15) is 0 Å². The second-order valence-corrected chi connectivity index (χ2v) is 8.28. The number of nitrogens with one attached hydrogen (secondary N) is 1. The standard InChI is InChI=1S/C16H27N3O2S/c1-11-12(2)22-15(18-14(20)17-10-16(3,4)5)19(11)9-13-7-6-8-21-13/h13H,6-10H2,1-5H3,(H,17,20)/b18-15-. The van der Waals surface area contributed by atoms with E-state index in [2.05, 4.69) is 49.5 Å². The van der Waals surface area contributed by atoms with E-state index < -0.39 is 0 Å². The lowest BCUT2D eigenvalue weighted by Crippen LogP contribution is -2.32. The summed E-state index contributed by atoms with van der Waals surface area (Å²) in [7, 11) is 0. The van der Waals surface area contributed by atoms with Crippen LogP contribution in [0.5, 0.6) is 0 Å². The zero-order valence-corrected chi connectivity index (χ0v) is 15.0. The number of amides is 2. The molecule has 1 saturated heterocycles. The molecule has 0 bridgehead atoms. The minimum absolute atomic E-state index is 0.0557. The van der Waals surface area contributed by atoms with E-state index in [1.807, 2.05) is 0 Å². The molecule has 1 aliphatic heterocycles. The van der Waals surface area contributed by atoms with E-state index in [1.165, 1.54) is 10.6 Å². The van der Waals surface area contributed by atoms with Crippen molar-refractivity contribution in [3.8, 4) is 0 Å². The number of rotatable bonds is 3. The highest BCUT2D eigenvalue weighted by molar-refractivity contribution is 7.09. The quantitative estimate of drug-likeness (QED) is 0.929. The highest BCUT2D eigenvalue weighted by atomic mass is 32.1. The van der Waals surface area contributed by atoms with Crippen LogP contribution in [0.2, 0.25) is 0 Å². The minimum atomic E-state index is -0.266. The van der Waals surface area contributed by atoms with Crippen molar-refractivity contribution < 1.29 is 9.53 Å². The Labute approximate surface area is 136 Å². The smallest absolute Gasteiger partial charge is 0.343 e. The minimum Gasteiger partial charge on any atom is -0.376 e.